The second-order valence-corrected chi connectivity index (χ2v) is 11.7. The molecule has 0 aromatic heterocycles. The first-order valence-corrected chi connectivity index (χ1v) is 17.6. The van der Waals surface area contributed by atoms with Crippen molar-refractivity contribution in [3.8, 4) is 16.9 Å². The Hall–Kier alpha value is -5.18. The number of benzene rings is 7. The highest BCUT2D eigenvalue weighted by Gasteiger charge is 2.01. The van der Waals surface area contributed by atoms with Gasteiger partial charge in [0.25, 0.3) is 0 Å². The van der Waals surface area contributed by atoms with E-state index in [1.165, 1.54) is 69.5 Å². The van der Waals surface area contributed by atoms with Crippen molar-refractivity contribution in [3.63, 3.8) is 0 Å². The van der Waals surface area contributed by atoms with E-state index in [0.717, 1.165) is 12.2 Å². The molecule has 2 heteroatoms. The first-order valence-electron chi connectivity index (χ1n) is 17.6. The number of hydrogen-bond acceptors (Lipinski definition) is 2. The van der Waals surface area contributed by atoms with Crippen LogP contribution in [-0.4, -0.2) is 18.3 Å². The summed E-state index contributed by atoms with van der Waals surface area (Å²) in [6.45, 7) is 4.87. The third-order valence-corrected chi connectivity index (χ3v) is 8.15. The minimum atomic E-state index is 0.0644. The van der Waals surface area contributed by atoms with Crippen molar-refractivity contribution in [3.05, 3.63) is 187 Å². The van der Waals surface area contributed by atoms with Gasteiger partial charge in [0.05, 0.1) is 6.61 Å². The van der Waals surface area contributed by atoms with Crippen LogP contribution in [0.1, 0.15) is 44.2 Å². The van der Waals surface area contributed by atoms with Gasteiger partial charge in [0, 0.05) is 0 Å². The molecule has 0 fully saturated rings. The topological polar surface area (TPSA) is 29.5 Å². The molecule has 2 nitrogen and oxygen atoms in total. The molecule has 7 rings (SSSR count). The summed E-state index contributed by atoms with van der Waals surface area (Å²) in [4.78, 5) is 0. The highest BCUT2D eigenvalue weighted by Crippen LogP contribution is 2.28. The smallest absolute Gasteiger partial charge is 0.119 e. The monoisotopic (exact) mass is 646 g/mol. The average molecular weight is 647 g/mol. The molecule has 7 aromatic carbocycles. The number of rotatable bonds is 9. The molecule has 0 saturated heterocycles. The molecule has 0 atom stereocenters. The molecule has 0 aliphatic rings. The van der Waals surface area contributed by atoms with Gasteiger partial charge in [-0.3, -0.25) is 0 Å². The third-order valence-electron chi connectivity index (χ3n) is 8.15. The maximum absolute atomic E-state index is 8.40. The summed E-state index contributed by atoms with van der Waals surface area (Å²) in [6.07, 6.45) is 6.36. The molecule has 0 radical (unpaired) electrons. The SMILES string of the molecule is CCCCCc1ccccc1.CCc1cccc2ccccc12.OCCOc1ccccc1.c1ccc(-c2cccc3ccccc23)cc1. The fourth-order valence-electron chi connectivity index (χ4n) is 5.60. The average Bonchev–Trinajstić information content (AvgIpc) is 3.18. The van der Waals surface area contributed by atoms with Gasteiger partial charge < -0.3 is 9.84 Å². The van der Waals surface area contributed by atoms with Crippen LogP contribution in [0.15, 0.2) is 176 Å². The fourth-order valence-corrected chi connectivity index (χ4v) is 5.60. The molecule has 0 saturated carbocycles. The van der Waals surface area contributed by atoms with Crippen LogP contribution < -0.4 is 4.74 Å². The van der Waals surface area contributed by atoms with E-state index >= 15 is 0 Å². The van der Waals surface area contributed by atoms with Crippen LogP contribution in [0.25, 0.3) is 32.7 Å². The lowest BCUT2D eigenvalue weighted by molar-refractivity contribution is 0.201. The maximum atomic E-state index is 8.40. The number of aryl methyl sites for hydroxylation is 2. The Morgan fingerprint density at radius 3 is 1.65 bits per heavy atom. The van der Waals surface area contributed by atoms with E-state index in [2.05, 4.69) is 159 Å². The van der Waals surface area contributed by atoms with Crippen molar-refractivity contribution in [2.45, 2.75) is 46.0 Å². The number of aliphatic hydroxyl groups is 1. The summed E-state index contributed by atoms with van der Waals surface area (Å²) in [5.41, 5.74) is 5.49. The molecule has 0 amide bonds. The molecule has 0 aliphatic heterocycles. The van der Waals surface area contributed by atoms with Crippen LogP contribution in [0.2, 0.25) is 0 Å². The second kappa shape index (κ2) is 21.6. The fraction of sp³-hybridized carbons (Fsp3) is 0.191. The summed E-state index contributed by atoms with van der Waals surface area (Å²) in [7, 11) is 0. The Morgan fingerprint density at radius 2 is 1.02 bits per heavy atom. The Bertz CT molecular complexity index is 1870. The number of para-hydroxylation sites is 1. The molecule has 0 aliphatic carbocycles. The lowest BCUT2D eigenvalue weighted by atomic mass is 9.98. The third kappa shape index (κ3) is 12.4. The lowest BCUT2D eigenvalue weighted by Gasteiger charge is -2.06. The molecular formula is C47H50O2. The zero-order valence-electron chi connectivity index (χ0n) is 29.0. The van der Waals surface area contributed by atoms with Crippen molar-refractivity contribution < 1.29 is 9.84 Å². The van der Waals surface area contributed by atoms with Gasteiger partial charge in [-0.05, 0) is 75.2 Å². The molecular weight excluding hydrogens is 597 g/mol. The van der Waals surface area contributed by atoms with E-state index in [1.54, 1.807) is 0 Å². The highest BCUT2D eigenvalue weighted by molar-refractivity contribution is 5.96. The van der Waals surface area contributed by atoms with Gasteiger partial charge in [-0.1, -0.05) is 190 Å². The summed E-state index contributed by atoms with van der Waals surface area (Å²) in [5.74, 6) is 0.802. The van der Waals surface area contributed by atoms with Gasteiger partial charge in [0.2, 0.25) is 0 Å². The second-order valence-electron chi connectivity index (χ2n) is 11.7. The number of hydrogen-bond donors (Lipinski definition) is 1. The normalized spacial score (nSPS) is 10.1. The molecule has 250 valence electrons. The number of unbranched alkanes of at least 4 members (excludes halogenated alkanes) is 2. The lowest BCUT2D eigenvalue weighted by Crippen LogP contribution is -2.00. The van der Waals surface area contributed by atoms with Crippen molar-refractivity contribution in [1.29, 1.82) is 0 Å². The quantitative estimate of drug-likeness (QED) is 0.158. The maximum Gasteiger partial charge on any atom is 0.119 e. The summed E-state index contributed by atoms with van der Waals surface area (Å²) >= 11 is 0. The largest absolute Gasteiger partial charge is 0.491 e. The number of ether oxygens (including phenoxy) is 1. The molecule has 0 heterocycles. The summed E-state index contributed by atoms with van der Waals surface area (Å²) in [6, 6.07) is 60.6. The van der Waals surface area contributed by atoms with Crippen LogP contribution in [-0.2, 0) is 12.8 Å². The van der Waals surface area contributed by atoms with Crippen LogP contribution >= 0.6 is 0 Å². The van der Waals surface area contributed by atoms with Crippen LogP contribution in [0.4, 0.5) is 0 Å². The first kappa shape index (κ1) is 36.7. The van der Waals surface area contributed by atoms with Crippen molar-refractivity contribution in [1.82, 2.24) is 0 Å². The van der Waals surface area contributed by atoms with Crippen molar-refractivity contribution in [2.24, 2.45) is 0 Å². The van der Waals surface area contributed by atoms with Crippen molar-refractivity contribution >= 4 is 21.5 Å². The van der Waals surface area contributed by atoms with Gasteiger partial charge >= 0.3 is 0 Å². The molecule has 0 unspecified atom stereocenters. The predicted octanol–water partition coefficient (Wildman–Crippen LogP) is 12.4. The molecule has 0 bridgehead atoms. The van der Waals surface area contributed by atoms with E-state index in [0.29, 0.717) is 6.61 Å². The zero-order chi connectivity index (χ0) is 34.4. The van der Waals surface area contributed by atoms with E-state index in [1.807, 2.05) is 30.3 Å². The molecule has 0 spiro atoms. The molecule has 1 N–H and O–H groups in total. The minimum Gasteiger partial charge on any atom is -0.491 e. The standard InChI is InChI=1S/C16H12.C12H12.C11H16.C8H10O2/c1-2-7-13(8-3-1)16-12-6-10-14-9-4-5-11-15(14)16;1-2-10-7-5-8-11-6-3-4-9-12(10)11;1-2-3-5-8-11-9-6-4-7-10-11;9-6-7-10-8-4-2-1-3-5-8/h1-12H;3-9H,2H2,1H3;4,6-7,9-10H,2-3,5,8H2,1H3;1-5,9H,6-7H2. The van der Waals surface area contributed by atoms with Crippen LogP contribution in [0, 0.1) is 0 Å². The van der Waals surface area contributed by atoms with Crippen LogP contribution in [0.3, 0.4) is 0 Å². The molecule has 7 aromatic rings. The van der Waals surface area contributed by atoms with E-state index in [4.69, 9.17) is 9.84 Å². The Balaban J connectivity index is 0.000000150. The summed E-state index contributed by atoms with van der Waals surface area (Å²) < 4.78 is 5.11. The van der Waals surface area contributed by atoms with E-state index in [-0.39, 0.29) is 6.61 Å². The van der Waals surface area contributed by atoms with Crippen molar-refractivity contribution in [2.75, 3.05) is 13.2 Å². The van der Waals surface area contributed by atoms with Gasteiger partial charge in [-0.2, -0.15) is 0 Å². The van der Waals surface area contributed by atoms with Crippen LogP contribution in [0.5, 0.6) is 5.75 Å². The van der Waals surface area contributed by atoms with Gasteiger partial charge in [-0.25, -0.2) is 0 Å². The van der Waals surface area contributed by atoms with E-state index < -0.39 is 0 Å². The minimum absolute atomic E-state index is 0.0644. The number of aliphatic hydroxyl groups excluding tert-OH is 1. The first-order chi connectivity index (χ1) is 24.2. The summed E-state index contributed by atoms with van der Waals surface area (Å²) in [5, 5.41) is 13.7. The Labute approximate surface area is 293 Å². The predicted molar refractivity (Wildman–Crippen MR) is 211 cm³/mol. The van der Waals surface area contributed by atoms with Gasteiger partial charge in [0.15, 0.2) is 0 Å². The van der Waals surface area contributed by atoms with E-state index in [9.17, 15) is 0 Å². The number of fused-ring (bicyclic) bond motifs is 2. The highest BCUT2D eigenvalue weighted by atomic mass is 16.5. The zero-order valence-corrected chi connectivity index (χ0v) is 29.0. The molecule has 49 heavy (non-hydrogen) atoms. The van der Waals surface area contributed by atoms with Gasteiger partial charge in [-0.15, -0.1) is 0 Å². The Morgan fingerprint density at radius 1 is 0.490 bits per heavy atom. The Kier molecular flexibility index (Phi) is 16.2. The van der Waals surface area contributed by atoms with Gasteiger partial charge in [0.1, 0.15) is 12.4 Å².